The Kier molecular flexibility index (Phi) is 6.55. The number of aromatic nitrogens is 4. The monoisotopic (exact) mass is 492 g/mol. The first-order valence-corrected chi connectivity index (χ1v) is 11.5. The van der Waals surface area contributed by atoms with E-state index in [0.717, 1.165) is 28.5 Å². The first-order valence-electron chi connectivity index (χ1n) is 11.5. The van der Waals surface area contributed by atoms with Gasteiger partial charge < -0.3 is 14.8 Å². The summed E-state index contributed by atoms with van der Waals surface area (Å²) in [6, 6.07) is 22.3. The number of carbonyl (C=O) groups is 1. The van der Waals surface area contributed by atoms with E-state index in [-0.39, 0.29) is 11.1 Å². The first kappa shape index (κ1) is 23.6. The fourth-order valence-corrected chi connectivity index (χ4v) is 3.95. The second-order valence-electron chi connectivity index (χ2n) is 8.42. The number of H-pyrrole nitrogens is 1. The topological polar surface area (TPSA) is 120 Å². The number of nitrogens with zero attached hydrogens (tertiary/aromatic N) is 4. The number of nitriles is 1. The summed E-state index contributed by atoms with van der Waals surface area (Å²) >= 11 is 0. The Bertz CT molecular complexity index is 1590. The van der Waals surface area contributed by atoms with Gasteiger partial charge in [0.15, 0.2) is 0 Å². The molecule has 0 bridgehead atoms. The summed E-state index contributed by atoms with van der Waals surface area (Å²) in [5.41, 5.74) is 3.43. The van der Waals surface area contributed by atoms with Crippen molar-refractivity contribution in [1.82, 2.24) is 25.4 Å². The van der Waals surface area contributed by atoms with Gasteiger partial charge in [-0.3, -0.25) is 4.79 Å². The van der Waals surface area contributed by atoms with Gasteiger partial charge in [-0.05, 0) is 35.7 Å². The van der Waals surface area contributed by atoms with Crippen molar-refractivity contribution < 1.29 is 13.7 Å². The van der Waals surface area contributed by atoms with Gasteiger partial charge in [-0.25, -0.2) is 9.37 Å². The molecule has 5 rings (SSSR count). The van der Waals surface area contributed by atoms with Gasteiger partial charge >= 0.3 is 0 Å². The molecule has 1 atom stereocenters. The lowest BCUT2D eigenvalue weighted by atomic mass is 10.0. The molecule has 0 radical (unpaired) electrons. The normalized spacial score (nSPS) is 11.6. The largest absolute Gasteiger partial charge is 0.342 e. The molecule has 0 aliphatic carbocycles. The van der Waals surface area contributed by atoms with Crippen LogP contribution in [0.2, 0.25) is 0 Å². The Morgan fingerprint density at radius 2 is 1.86 bits per heavy atom. The van der Waals surface area contributed by atoms with Crippen molar-refractivity contribution in [3.63, 3.8) is 0 Å². The molecule has 0 fully saturated rings. The minimum atomic E-state index is -0.757. The van der Waals surface area contributed by atoms with Gasteiger partial charge in [-0.15, -0.1) is 0 Å². The second-order valence-corrected chi connectivity index (χ2v) is 8.42. The Morgan fingerprint density at radius 1 is 1.11 bits per heavy atom. The van der Waals surface area contributed by atoms with E-state index in [9.17, 15) is 9.18 Å². The highest BCUT2D eigenvalue weighted by atomic mass is 19.1. The van der Waals surface area contributed by atoms with E-state index in [1.165, 1.54) is 12.1 Å². The van der Waals surface area contributed by atoms with Crippen LogP contribution in [0.1, 0.15) is 39.2 Å². The van der Waals surface area contributed by atoms with Crippen LogP contribution in [-0.2, 0) is 6.42 Å². The number of aromatic amines is 1. The van der Waals surface area contributed by atoms with Crippen LogP contribution >= 0.6 is 0 Å². The van der Waals surface area contributed by atoms with Crippen LogP contribution in [0, 0.1) is 24.1 Å². The number of amides is 1. The zero-order valence-corrected chi connectivity index (χ0v) is 19.8. The maximum absolute atomic E-state index is 14.5. The third kappa shape index (κ3) is 5.28. The van der Waals surface area contributed by atoms with Gasteiger partial charge in [0.25, 0.3) is 5.91 Å². The van der Waals surface area contributed by atoms with Crippen LogP contribution in [-0.4, -0.2) is 26.0 Å². The van der Waals surface area contributed by atoms with Gasteiger partial charge in [0.2, 0.25) is 11.7 Å². The van der Waals surface area contributed by atoms with Crippen molar-refractivity contribution in [2.45, 2.75) is 19.4 Å². The Labute approximate surface area is 211 Å². The average molecular weight is 493 g/mol. The predicted octanol–water partition coefficient (Wildman–Crippen LogP) is 5.16. The first-order chi connectivity index (χ1) is 18.0. The SMILES string of the molecule is Cc1nc(-c2ccc(-c3cnc(C(Cc4ccccc4)NC(=O)c4ccc(C#N)cc4F)[nH]3)cc2)no1. The molecule has 0 spiro atoms. The lowest BCUT2D eigenvalue weighted by Crippen LogP contribution is -2.31. The summed E-state index contributed by atoms with van der Waals surface area (Å²) in [6.45, 7) is 1.73. The number of imidazole rings is 1. The minimum Gasteiger partial charge on any atom is -0.342 e. The molecule has 1 amide bonds. The molecular formula is C28H21FN6O2. The van der Waals surface area contributed by atoms with Crippen LogP contribution in [0.3, 0.4) is 0 Å². The Morgan fingerprint density at radius 3 is 2.54 bits per heavy atom. The molecule has 9 heteroatoms. The lowest BCUT2D eigenvalue weighted by molar-refractivity contribution is 0.0930. The molecular weight excluding hydrogens is 471 g/mol. The fourth-order valence-electron chi connectivity index (χ4n) is 3.95. The van der Waals surface area contributed by atoms with Crippen molar-refractivity contribution in [3.8, 4) is 28.7 Å². The summed E-state index contributed by atoms with van der Waals surface area (Å²) in [4.78, 5) is 25.0. The van der Waals surface area contributed by atoms with Crippen LogP contribution < -0.4 is 5.32 Å². The third-order valence-corrected chi connectivity index (χ3v) is 5.84. The molecule has 5 aromatic rings. The summed E-state index contributed by atoms with van der Waals surface area (Å²) in [6.07, 6.45) is 2.13. The number of hydrogen-bond donors (Lipinski definition) is 2. The van der Waals surface area contributed by atoms with E-state index in [1.807, 2.05) is 60.7 Å². The fraction of sp³-hybridized carbons (Fsp3) is 0.107. The van der Waals surface area contributed by atoms with Gasteiger partial charge in [-0.1, -0.05) is 59.8 Å². The smallest absolute Gasteiger partial charge is 0.254 e. The number of nitrogens with one attached hydrogen (secondary N) is 2. The minimum absolute atomic E-state index is 0.142. The van der Waals surface area contributed by atoms with E-state index in [0.29, 0.717) is 24.0 Å². The summed E-state index contributed by atoms with van der Waals surface area (Å²) < 4.78 is 19.5. The van der Waals surface area contributed by atoms with Crippen molar-refractivity contribution in [2.75, 3.05) is 0 Å². The molecule has 0 saturated carbocycles. The van der Waals surface area contributed by atoms with Crippen molar-refractivity contribution in [3.05, 3.63) is 113 Å². The number of benzene rings is 3. The number of hydrogen-bond acceptors (Lipinski definition) is 6. The quantitative estimate of drug-likeness (QED) is 0.324. The van der Waals surface area contributed by atoms with Gasteiger partial charge in [0.1, 0.15) is 11.6 Å². The molecule has 2 N–H and O–H groups in total. The lowest BCUT2D eigenvalue weighted by Gasteiger charge is -2.17. The van der Waals surface area contributed by atoms with E-state index >= 15 is 0 Å². The molecule has 2 aromatic heterocycles. The Hall–Kier alpha value is -5.10. The van der Waals surface area contributed by atoms with Crippen molar-refractivity contribution >= 4 is 5.91 Å². The average Bonchev–Trinajstić information content (AvgIpc) is 3.58. The highest BCUT2D eigenvalue weighted by molar-refractivity contribution is 5.94. The van der Waals surface area contributed by atoms with E-state index in [4.69, 9.17) is 9.78 Å². The zero-order chi connectivity index (χ0) is 25.8. The molecule has 8 nitrogen and oxygen atoms in total. The van der Waals surface area contributed by atoms with Crippen molar-refractivity contribution in [1.29, 1.82) is 5.26 Å². The van der Waals surface area contributed by atoms with Crippen LogP contribution in [0.15, 0.2) is 83.5 Å². The van der Waals surface area contributed by atoms with Crippen LogP contribution in [0.25, 0.3) is 22.6 Å². The van der Waals surface area contributed by atoms with E-state index in [1.54, 1.807) is 13.1 Å². The summed E-state index contributed by atoms with van der Waals surface area (Å²) in [5, 5.41) is 15.8. The molecule has 2 heterocycles. The summed E-state index contributed by atoms with van der Waals surface area (Å²) in [7, 11) is 0. The van der Waals surface area contributed by atoms with Crippen LogP contribution in [0.5, 0.6) is 0 Å². The zero-order valence-electron chi connectivity index (χ0n) is 19.8. The number of halogens is 1. The van der Waals surface area contributed by atoms with Crippen molar-refractivity contribution in [2.24, 2.45) is 0 Å². The van der Waals surface area contributed by atoms with Crippen LogP contribution in [0.4, 0.5) is 4.39 Å². The molecule has 37 heavy (non-hydrogen) atoms. The number of aryl methyl sites for hydroxylation is 1. The molecule has 182 valence electrons. The van der Waals surface area contributed by atoms with Gasteiger partial charge in [0.05, 0.1) is 35.1 Å². The third-order valence-electron chi connectivity index (χ3n) is 5.84. The van der Waals surface area contributed by atoms with E-state index in [2.05, 4.69) is 25.4 Å². The number of rotatable bonds is 7. The van der Waals surface area contributed by atoms with Gasteiger partial charge in [0, 0.05) is 12.5 Å². The highest BCUT2D eigenvalue weighted by Crippen LogP contribution is 2.25. The van der Waals surface area contributed by atoms with E-state index < -0.39 is 17.8 Å². The maximum atomic E-state index is 14.5. The Balaban J connectivity index is 1.41. The molecule has 0 aliphatic rings. The van der Waals surface area contributed by atoms with Gasteiger partial charge in [-0.2, -0.15) is 10.2 Å². The molecule has 1 unspecified atom stereocenters. The molecule has 0 aliphatic heterocycles. The second kappa shape index (κ2) is 10.3. The highest BCUT2D eigenvalue weighted by Gasteiger charge is 2.22. The summed E-state index contributed by atoms with van der Waals surface area (Å²) in [5.74, 6) is 0.173. The molecule has 3 aromatic carbocycles. The maximum Gasteiger partial charge on any atom is 0.254 e. The molecule has 0 saturated heterocycles. The standard InChI is InChI=1S/C28H21FN6O2/c1-17-32-26(35-37-17)21-10-8-20(9-11-21)25-16-31-27(33-25)24(14-18-5-3-2-4-6-18)34-28(36)22-12-7-19(15-30)13-23(22)29/h2-13,16,24H,14H2,1H3,(H,31,33)(H,34,36). The predicted molar refractivity (Wildman–Crippen MR) is 134 cm³/mol. The number of carbonyl (C=O) groups excluding carboxylic acids is 1.